The van der Waals surface area contributed by atoms with Gasteiger partial charge in [0.2, 0.25) is 11.8 Å². The summed E-state index contributed by atoms with van der Waals surface area (Å²) in [4.78, 5) is 26.8. The molecule has 1 aliphatic rings. The highest BCUT2D eigenvalue weighted by atomic mass is 16.3. The molecule has 0 spiro atoms. The van der Waals surface area contributed by atoms with Crippen LogP contribution in [0.25, 0.3) is 0 Å². The molecule has 1 fully saturated rings. The Hall–Kier alpha value is -1.10. The minimum absolute atomic E-state index is 0.0473. The zero-order valence-electron chi connectivity index (χ0n) is 10.7. The molecular weight excluding hydrogens is 220 g/mol. The smallest absolute Gasteiger partial charge is 0.224 e. The normalized spacial score (nSPS) is 19.8. The molecule has 1 atom stereocenters. The summed E-state index contributed by atoms with van der Waals surface area (Å²) in [6.45, 7) is 6.43. The second-order valence-electron chi connectivity index (χ2n) is 4.41. The third kappa shape index (κ3) is 3.70. The summed E-state index contributed by atoms with van der Waals surface area (Å²) in [5.41, 5.74) is 0. The van der Waals surface area contributed by atoms with E-state index >= 15 is 0 Å². The number of carbonyl (C=O) groups is 2. The zero-order valence-corrected chi connectivity index (χ0v) is 10.7. The van der Waals surface area contributed by atoms with Gasteiger partial charge in [-0.2, -0.15) is 0 Å². The fraction of sp³-hybridized carbons (Fsp3) is 0.833. The second kappa shape index (κ2) is 6.59. The van der Waals surface area contributed by atoms with E-state index in [1.165, 1.54) is 0 Å². The second-order valence-corrected chi connectivity index (χ2v) is 4.41. The maximum Gasteiger partial charge on any atom is 0.224 e. The fourth-order valence-corrected chi connectivity index (χ4v) is 2.16. The summed E-state index contributed by atoms with van der Waals surface area (Å²) in [5, 5.41) is 8.99. The van der Waals surface area contributed by atoms with Crippen molar-refractivity contribution in [3.05, 3.63) is 0 Å². The first-order valence-electron chi connectivity index (χ1n) is 6.28. The summed E-state index contributed by atoms with van der Waals surface area (Å²) in [7, 11) is 0. The minimum Gasteiger partial charge on any atom is -0.396 e. The number of rotatable bonds is 6. The number of hydrogen-bond acceptors (Lipinski definition) is 3. The van der Waals surface area contributed by atoms with E-state index in [4.69, 9.17) is 5.11 Å². The summed E-state index contributed by atoms with van der Waals surface area (Å²) in [6.07, 6.45) is 0.793. The van der Waals surface area contributed by atoms with Crippen molar-refractivity contribution in [1.29, 1.82) is 0 Å². The van der Waals surface area contributed by atoms with Gasteiger partial charge in [-0.1, -0.05) is 0 Å². The highest BCUT2D eigenvalue weighted by molar-refractivity contribution is 5.80. The van der Waals surface area contributed by atoms with Crippen LogP contribution >= 0.6 is 0 Å². The van der Waals surface area contributed by atoms with Crippen LogP contribution in [0.1, 0.15) is 26.7 Å². The van der Waals surface area contributed by atoms with Crippen molar-refractivity contribution in [1.82, 2.24) is 9.80 Å². The lowest BCUT2D eigenvalue weighted by molar-refractivity contribution is -0.132. The molecule has 0 saturated carbocycles. The molecule has 1 aliphatic heterocycles. The van der Waals surface area contributed by atoms with Crippen molar-refractivity contribution < 1.29 is 14.7 Å². The number of nitrogens with zero attached hydrogens (tertiary/aromatic N) is 2. The van der Waals surface area contributed by atoms with Crippen molar-refractivity contribution in [2.75, 3.05) is 32.8 Å². The van der Waals surface area contributed by atoms with E-state index in [0.717, 1.165) is 0 Å². The fourth-order valence-electron chi connectivity index (χ4n) is 2.16. The van der Waals surface area contributed by atoms with Crippen molar-refractivity contribution in [3.8, 4) is 0 Å². The molecular formula is C12H22N2O3. The average molecular weight is 242 g/mol. The van der Waals surface area contributed by atoms with Crippen LogP contribution in [0.2, 0.25) is 0 Å². The van der Waals surface area contributed by atoms with Gasteiger partial charge >= 0.3 is 0 Å². The number of likely N-dealkylation sites (tertiary alicyclic amines) is 1. The predicted octanol–water partition coefficient (Wildman–Crippen LogP) is 0.0857. The molecule has 0 aromatic carbocycles. The van der Waals surface area contributed by atoms with E-state index in [-0.39, 0.29) is 24.3 Å². The third-order valence-electron chi connectivity index (χ3n) is 3.26. The van der Waals surface area contributed by atoms with E-state index in [1.807, 2.05) is 13.8 Å². The molecule has 0 bridgehead atoms. The van der Waals surface area contributed by atoms with Crippen LogP contribution in [0.3, 0.4) is 0 Å². The molecule has 0 aromatic heterocycles. The largest absolute Gasteiger partial charge is 0.396 e. The first-order valence-corrected chi connectivity index (χ1v) is 6.28. The lowest BCUT2D eigenvalue weighted by Gasteiger charge is -2.21. The molecule has 1 heterocycles. The Labute approximate surface area is 102 Å². The van der Waals surface area contributed by atoms with Crippen molar-refractivity contribution in [2.45, 2.75) is 26.7 Å². The van der Waals surface area contributed by atoms with Gasteiger partial charge in [0.25, 0.3) is 0 Å². The van der Waals surface area contributed by atoms with E-state index in [9.17, 15) is 9.59 Å². The topological polar surface area (TPSA) is 60.9 Å². The van der Waals surface area contributed by atoms with Gasteiger partial charge < -0.3 is 14.9 Å². The highest BCUT2D eigenvalue weighted by Gasteiger charge is 2.29. The van der Waals surface area contributed by atoms with Crippen molar-refractivity contribution >= 4 is 11.8 Å². The van der Waals surface area contributed by atoms with Crippen LogP contribution in [0, 0.1) is 5.92 Å². The zero-order chi connectivity index (χ0) is 12.8. The molecule has 1 saturated heterocycles. The first kappa shape index (κ1) is 14.0. The van der Waals surface area contributed by atoms with E-state index in [0.29, 0.717) is 39.0 Å². The lowest BCUT2D eigenvalue weighted by atomic mass is 10.1. The van der Waals surface area contributed by atoms with Crippen molar-refractivity contribution in [3.63, 3.8) is 0 Å². The molecule has 1 unspecified atom stereocenters. The molecule has 0 radical (unpaired) electrons. The monoisotopic (exact) mass is 242 g/mol. The SMILES string of the molecule is CCN(CC)C(=O)CCN1CC(CO)CC1=O. The van der Waals surface area contributed by atoms with Gasteiger partial charge in [-0.05, 0) is 13.8 Å². The molecule has 5 nitrogen and oxygen atoms in total. The highest BCUT2D eigenvalue weighted by Crippen LogP contribution is 2.17. The molecule has 2 amide bonds. The average Bonchev–Trinajstić information content (AvgIpc) is 2.69. The van der Waals surface area contributed by atoms with Gasteiger partial charge in [0, 0.05) is 51.5 Å². The molecule has 0 aliphatic carbocycles. The maximum atomic E-state index is 11.8. The maximum absolute atomic E-state index is 11.8. The minimum atomic E-state index is 0.0473. The number of amides is 2. The molecule has 0 aromatic rings. The quantitative estimate of drug-likeness (QED) is 0.718. The van der Waals surface area contributed by atoms with Gasteiger partial charge in [0.1, 0.15) is 0 Å². The van der Waals surface area contributed by atoms with Crippen molar-refractivity contribution in [2.24, 2.45) is 5.92 Å². The summed E-state index contributed by atoms with van der Waals surface area (Å²) in [5.74, 6) is 0.192. The van der Waals surface area contributed by atoms with Crippen LogP contribution in [-0.4, -0.2) is 59.5 Å². The van der Waals surface area contributed by atoms with Crippen LogP contribution in [0.5, 0.6) is 0 Å². The lowest BCUT2D eigenvalue weighted by Crippen LogP contribution is -2.35. The first-order chi connectivity index (χ1) is 8.12. The molecule has 98 valence electrons. The van der Waals surface area contributed by atoms with Crippen LogP contribution < -0.4 is 0 Å². The summed E-state index contributed by atoms with van der Waals surface area (Å²) < 4.78 is 0. The Bertz CT molecular complexity index is 277. The van der Waals surface area contributed by atoms with E-state index in [1.54, 1.807) is 9.80 Å². The Kier molecular flexibility index (Phi) is 5.41. The number of hydrogen-bond donors (Lipinski definition) is 1. The molecule has 5 heteroatoms. The molecule has 17 heavy (non-hydrogen) atoms. The molecule has 1 rings (SSSR count). The standard InChI is InChI=1S/C12H22N2O3/c1-3-13(4-2)11(16)5-6-14-8-10(9-15)7-12(14)17/h10,15H,3-9H2,1-2H3. The van der Waals surface area contributed by atoms with Gasteiger partial charge in [0.15, 0.2) is 0 Å². The Morgan fingerprint density at radius 1 is 1.47 bits per heavy atom. The Balaban J connectivity index is 2.36. The van der Waals surface area contributed by atoms with Gasteiger partial charge in [0.05, 0.1) is 0 Å². The third-order valence-corrected chi connectivity index (χ3v) is 3.26. The summed E-state index contributed by atoms with van der Waals surface area (Å²) >= 11 is 0. The Morgan fingerprint density at radius 3 is 2.59 bits per heavy atom. The Morgan fingerprint density at radius 2 is 2.12 bits per heavy atom. The van der Waals surface area contributed by atoms with Gasteiger partial charge in [-0.25, -0.2) is 0 Å². The summed E-state index contributed by atoms with van der Waals surface area (Å²) in [6, 6.07) is 0. The number of carbonyl (C=O) groups excluding carboxylic acids is 2. The van der Waals surface area contributed by atoms with Crippen LogP contribution in [-0.2, 0) is 9.59 Å². The number of aliphatic hydroxyl groups excluding tert-OH is 1. The number of aliphatic hydroxyl groups is 1. The van der Waals surface area contributed by atoms with E-state index in [2.05, 4.69) is 0 Å². The predicted molar refractivity (Wildman–Crippen MR) is 64.3 cm³/mol. The van der Waals surface area contributed by atoms with Gasteiger partial charge in [-0.15, -0.1) is 0 Å². The van der Waals surface area contributed by atoms with E-state index < -0.39 is 0 Å². The van der Waals surface area contributed by atoms with Gasteiger partial charge in [-0.3, -0.25) is 9.59 Å². The van der Waals surface area contributed by atoms with Crippen LogP contribution in [0.4, 0.5) is 0 Å². The van der Waals surface area contributed by atoms with Crippen LogP contribution in [0.15, 0.2) is 0 Å². The molecule has 1 N–H and O–H groups in total.